The van der Waals surface area contributed by atoms with E-state index in [1.165, 1.54) is 5.57 Å². The molecule has 0 aromatic rings. The minimum Gasteiger partial charge on any atom is -0.394 e. The highest BCUT2D eigenvalue weighted by molar-refractivity contribution is 5.22. The van der Waals surface area contributed by atoms with Crippen molar-refractivity contribution in [3.8, 4) is 0 Å². The summed E-state index contributed by atoms with van der Waals surface area (Å²) in [5.74, 6) is 0.245. The summed E-state index contributed by atoms with van der Waals surface area (Å²) < 4.78 is 19.0. The summed E-state index contributed by atoms with van der Waals surface area (Å²) >= 11 is 0. The number of hydrogen-bond donors (Lipinski definition) is 6. The topological polar surface area (TPSA) is 149 Å². The van der Waals surface area contributed by atoms with Gasteiger partial charge in [0.2, 0.25) is 0 Å². The fraction of sp³-hybridized carbons (Fsp3) is 0.946. The molecule has 0 amide bonds. The zero-order chi connectivity index (χ0) is 34.2. The SMILES string of the molecule is COC(C)(CCC=C(C)C)C1CCC2(C)C1C(O)CC1C3(C)CCC(O)C(C)(C)C3C(OC3OC(CO)C(O)C(O)C3O)CC12C. The van der Waals surface area contributed by atoms with E-state index in [-0.39, 0.29) is 45.5 Å². The van der Waals surface area contributed by atoms with E-state index >= 15 is 0 Å². The molecule has 6 N–H and O–H groups in total. The first-order valence-corrected chi connectivity index (χ1v) is 17.8. The van der Waals surface area contributed by atoms with E-state index < -0.39 is 61.0 Å². The van der Waals surface area contributed by atoms with Crippen LogP contribution in [0.25, 0.3) is 0 Å². The predicted molar refractivity (Wildman–Crippen MR) is 174 cm³/mol. The fourth-order valence-electron chi connectivity index (χ4n) is 12.1. The molecule has 5 fully saturated rings. The quantitative estimate of drug-likeness (QED) is 0.169. The lowest BCUT2D eigenvalue weighted by Crippen LogP contribution is -2.71. The van der Waals surface area contributed by atoms with Crippen molar-refractivity contribution in [1.29, 1.82) is 0 Å². The number of ether oxygens (including phenoxy) is 3. The van der Waals surface area contributed by atoms with Gasteiger partial charge in [0, 0.05) is 7.11 Å². The number of methoxy groups -OCH3 is 1. The molecule has 0 aromatic heterocycles. The van der Waals surface area contributed by atoms with Gasteiger partial charge < -0.3 is 44.8 Å². The Morgan fingerprint density at radius 2 is 1.61 bits per heavy atom. The van der Waals surface area contributed by atoms with Crippen LogP contribution in [0.3, 0.4) is 0 Å². The highest BCUT2D eigenvalue weighted by atomic mass is 16.7. The Balaban J connectivity index is 1.55. The minimum absolute atomic E-state index is 0.0284. The third-order valence-electron chi connectivity index (χ3n) is 14.8. The molecule has 16 unspecified atom stereocenters. The molecular formula is C37H64O9. The van der Waals surface area contributed by atoms with Crippen molar-refractivity contribution in [2.45, 2.75) is 161 Å². The summed E-state index contributed by atoms with van der Waals surface area (Å²) in [5.41, 5.74) is -0.422. The second-order valence-electron chi connectivity index (χ2n) is 17.6. The van der Waals surface area contributed by atoms with Gasteiger partial charge in [0.05, 0.1) is 30.5 Å². The van der Waals surface area contributed by atoms with Crippen LogP contribution in [-0.2, 0) is 14.2 Å². The zero-order valence-corrected chi connectivity index (χ0v) is 29.8. The van der Waals surface area contributed by atoms with Gasteiger partial charge in [-0.25, -0.2) is 0 Å². The maximum Gasteiger partial charge on any atom is 0.186 e. The van der Waals surface area contributed by atoms with Crippen LogP contribution in [0.2, 0.25) is 0 Å². The lowest BCUT2D eigenvalue weighted by atomic mass is 9.34. The molecule has 1 saturated heterocycles. The highest BCUT2D eigenvalue weighted by Gasteiger charge is 2.73. The average Bonchev–Trinajstić information content (AvgIpc) is 3.37. The molecule has 0 spiro atoms. The first-order chi connectivity index (χ1) is 21.3. The van der Waals surface area contributed by atoms with Gasteiger partial charge in [0.25, 0.3) is 0 Å². The molecule has 16 atom stereocenters. The number of rotatable bonds is 8. The van der Waals surface area contributed by atoms with E-state index in [4.69, 9.17) is 14.2 Å². The third-order valence-corrected chi connectivity index (χ3v) is 14.8. The van der Waals surface area contributed by atoms with E-state index in [9.17, 15) is 30.6 Å². The maximum atomic E-state index is 12.2. The van der Waals surface area contributed by atoms with Crippen LogP contribution in [0.1, 0.15) is 107 Å². The summed E-state index contributed by atoms with van der Waals surface area (Å²) in [6.07, 6.45) is 0.454. The van der Waals surface area contributed by atoms with Gasteiger partial charge in [-0.3, -0.25) is 0 Å². The maximum absolute atomic E-state index is 12.2. The molecule has 9 nitrogen and oxygen atoms in total. The summed E-state index contributed by atoms with van der Waals surface area (Å²) in [4.78, 5) is 0. The highest BCUT2D eigenvalue weighted by Crippen LogP contribution is 2.76. The predicted octanol–water partition coefficient (Wildman–Crippen LogP) is 3.95. The van der Waals surface area contributed by atoms with E-state index in [0.717, 1.165) is 32.1 Å². The molecule has 46 heavy (non-hydrogen) atoms. The molecule has 5 rings (SSSR count). The number of hydrogen-bond acceptors (Lipinski definition) is 9. The molecule has 0 radical (unpaired) electrons. The Labute approximate surface area is 276 Å². The van der Waals surface area contributed by atoms with E-state index in [1.54, 1.807) is 0 Å². The lowest BCUT2D eigenvalue weighted by molar-refractivity contribution is -0.347. The smallest absolute Gasteiger partial charge is 0.186 e. The Bertz CT molecular complexity index is 1120. The Kier molecular flexibility index (Phi) is 10.0. The Morgan fingerprint density at radius 1 is 0.935 bits per heavy atom. The average molecular weight is 653 g/mol. The largest absolute Gasteiger partial charge is 0.394 e. The molecule has 9 heteroatoms. The number of aliphatic hydroxyl groups excluding tert-OH is 6. The first kappa shape index (κ1) is 36.7. The molecule has 0 bridgehead atoms. The first-order valence-electron chi connectivity index (χ1n) is 17.8. The van der Waals surface area contributed by atoms with Gasteiger partial charge in [-0.15, -0.1) is 0 Å². The van der Waals surface area contributed by atoms with E-state index in [1.807, 2.05) is 7.11 Å². The molecule has 266 valence electrons. The molecule has 4 aliphatic carbocycles. The molecule has 1 aliphatic heterocycles. The van der Waals surface area contributed by atoms with Crippen molar-refractivity contribution in [3.05, 3.63) is 11.6 Å². The summed E-state index contributed by atoms with van der Waals surface area (Å²) in [5, 5.41) is 65.6. The minimum atomic E-state index is -1.53. The number of fused-ring (bicyclic) bond motifs is 5. The van der Waals surface area contributed by atoms with Crippen molar-refractivity contribution in [2.75, 3.05) is 13.7 Å². The summed E-state index contributed by atoms with van der Waals surface area (Å²) in [6, 6.07) is 0. The third kappa shape index (κ3) is 5.47. The Hall–Kier alpha value is -0.620. The second kappa shape index (κ2) is 12.6. The Morgan fingerprint density at radius 3 is 2.22 bits per heavy atom. The summed E-state index contributed by atoms with van der Waals surface area (Å²) in [7, 11) is 1.81. The number of aliphatic hydroxyl groups is 6. The molecular weight excluding hydrogens is 588 g/mol. The van der Waals surface area contributed by atoms with Gasteiger partial charge in [-0.2, -0.15) is 0 Å². The van der Waals surface area contributed by atoms with Crippen molar-refractivity contribution < 1.29 is 44.8 Å². The summed E-state index contributed by atoms with van der Waals surface area (Å²) in [6.45, 7) is 17.2. The van der Waals surface area contributed by atoms with Crippen LogP contribution in [0, 0.1) is 45.3 Å². The van der Waals surface area contributed by atoms with Crippen molar-refractivity contribution in [2.24, 2.45) is 45.3 Å². The van der Waals surface area contributed by atoms with Crippen LogP contribution in [0.15, 0.2) is 11.6 Å². The van der Waals surface area contributed by atoms with Crippen molar-refractivity contribution in [3.63, 3.8) is 0 Å². The van der Waals surface area contributed by atoms with Crippen LogP contribution in [0.5, 0.6) is 0 Å². The van der Waals surface area contributed by atoms with Gasteiger partial charge in [-0.05, 0) is 117 Å². The number of allylic oxidation sites excluding steroid dienone is 2. The van der Waals surface area contributed by atoms with Gasteiger partial charge >= 0.3 is 0 Å². The second-order valence-corrected chi connectivity index (χ2v) is 17.6. The van der Waals surface area contributed by atoms with Gasteiger partial charge in [0.1, 0.15) is 24.4 Å². The van der Waals surface area contributed by atoms with Crippen LogP contribution < -0.4 is 0 Å². The molecule has 4 saturated carbocycles. The molecule has 1 heterocycles. The van der Waals surface area contributed by atoms with Gasteiger partial charge in [0.15, 0.2) is 6.29 Å². The van der Waals surface area contributed by atoms with Crippen LogP contribution in [-0.4, -0.2) is 99.0 Å². The lowest BCUT2D eigenvalue weighted by Gasteiger charge is -2.72. The normalized spacial score (nSPS) is 51.4. The van der Waals surface area contributed by atoms with Crippen molar-refractivity contribution >= 4 is 0 Å². The van der Waals surface area contributed by atoms with Crippen LogP contribution >= 0.6 is 0 Å². The van der Waals surface area contributed by atoms with E-state index in [0.29, 0.717) is 19.3 Å². The fourth-order valence-corrected chi connectivity index (χ4v) is 12.1. The standard InChI is InChI=1S/C37H64O9/c1-20(2)11-10-14-37(8,44-9)21-12-16-35(6)27(21)22(39)17-25-34(5)15-13-26(40)33(3,4)31(34)23(18-36(25,35)7)45-32-30(43)29(42)28(41)24(19-38)46-32/h11,21-32,38-43H,10,12-19H2,1-9H3. The zero-order valence-electron chi connectivity index (χ0n) is 29.8. The molecule has 0 aromatic carbocycles. The van der Waals surface area contributed by atoms with Crippen molar-refractivity contribution in [1.82, 2.24) is 0 Å². The van der Waals surface area contributed by atoms with Crippen LogP contribution in [0.4, 0.5) is 0 Å². The van der Waals surface area contributed by atoms with Gasteiger partial charge in [-0.1, -0.05) is 46.3 Å². The monoisotopic (exact) mass is 652 g/mol. The van der Waals surface area contributed by atoms with E-state index in [2.05, 4.69) is 61.5 Å². The molecule has 5 aliphatic rings.